The molecule has 92 valence electrons. The minimum atomic E-state index is -0.884. The molecule has 18 heavy (non-hydrogen) atoms. The molecule has 0 aromatic heterocycles. The van der Waals surface area contributed by atoms with Gasteiger partial charge in [-0.1, -0.05) is 18.2 Å². The molecule has 0 aliphatic carbocycles. The number of para-hydroxylation sites is 2. The molecule has 0 amide bonds. The average molecular weight is 266 g/mol. The first kappa shape index (κ1) is 11.3. The van der Waals surface area contributed by atoms with Gasteiger partial charge >= 0.3 is 0 Å². The Morgan fingerprint density at radius 3 is 2.22 bits per heavy atom. The van der Waals surface area contributed by atoms with Crippen LogP contribution < -0.4 is 9.47 Å². The third-order valence-corrected chi connectivity index (χ3v) is 3.39. The van der Waals surface area contributed by atoms with Crippen molar-refractivity contribution in [2.75, 3.05) is 0 Å². The first-order chi connectivity index (χ1) is 8.74. The maximum atomic E-state index is 13.5. The summed E-state index contributed by atoms with van der Waals surface area (Å²) in [7, 11) is 0. The maximum Gasteiger partial charge on any atom is 0.295 e. The summed E-state index contributed by atoms with van der Waals surface area (Å²) in [6.45, 7) is 0. The zero-order chi connectivity index (χ0) is 12.5. The normalized spacial score (nSPS) is 13.9. The van der Waals surface area contributed by atoms with Crippen LogP contribution in [0.25, 0.3) is 0 Å². The molecule has 0 radical (unpaired) electrons. The minimum absolute atomic E-state index is 0.160. The minimum Gasteiger partial charge on any atom is -0.441 e. The van der Waals surface area contributed by atoms with E-state index in [0.717, 1.165) is 17.8 Å². The van der Waals surface area contributed by atoms with Crippen LogP contribution >= 0.6 is 11.8 Å². The van der Waals surface area contributed by atoms with E-state index in [1.165, 1.54) is 12.1 Å². The highest BCUT2D eigenvalue weighted by Crippen LogP contribution is 2.40. The van der Waals surface area contributed by atoms with E-state index in [-0.39, 0.29) is 4.90 Å². The molecule has 0 saturated heterocycles. The van der Waals surface area contributed by atoms with E-state index in [1.54, 1.807) is 12.1 Å². The molecule has 0 atom stereocenters. The van der Waals surface area contributed by atoms with Crippen molar-refractivity contribution in [3.05, 3.63) is 54.1 Å². The van der Waals surface area contributed by atoms with Gasteiger partial charge in [-0.3, -0.25) is 0 Å². The molecule has 0 bridgehead atoms. The van der Waals surface area contributed by atoms with E-state index >= 15 is 0 Å². The molecular weight excluding hydrogens is 258 g/mol. The van der Waals surface area contributed by atoms with Gasteiger partial charge < -0.3 is 9.47 Å². The molecule has 2 aromatic rings. The fourth-order valence-electron chi connectivity index (χ4n) is 1.60. The lowest BCUT2D eigenvalue weighted by Crippen LogP contribution is -2.13. The third-order valence-electron chi connectivity index (χ3n) is 2.43. The van der Waals surface area contributed by atoms with Crippen LogP contribution in [0.2, 0.25) is 0 Å². The van der Waals surface area contributed by atoms with Gasteiger partial charge in [-0.25, -0.2) is 8.78 Å². The zero-order valence-corrected chi connectivity index (χ0v) is 9.92. The van der Waals surface area contributed by atoms with Gasteiger partial charge in [0.25, 0.3) is 5.62 Å². The highest BCUT2D eigenvalue weighted by molar-refractivity contribution is 7.99. The standard InChI is InChI=1S/C13H8F2O2S/c14-8-4-3-7-11(12(8)15)18-13-16-9-5-1-2-6-10(9)17-13/h1-7,13H. The summed E-state index contributed by atoms with van der Waals surface area (Å²) in [5, 5.41) is 0. The Balaban J connectivity index is 1.78. The number of ether oxygens (including phenoxy) is 2. The molecule has 3 rings (SSSR count). The van der Waals surface area contributed by atoms with Gasteiger partial charge in [0.05, 0.1) is 4.90 Å². The molecule has 0 N–H and O–H groups in total. The van der Waals surface area contributed by atoms with Gasteiger partial charge in [-0.2, -0.15) is 0 Å². The fraction of sp³-hybridized carbons (Fsp3) is 0.0769. The van der Waals surface area contributed by atoms with E-state index < -0.39 is 17.3 Å². The van der Waals surface area contributed by atoms with Crippen molar-refractivity contribution in [3.8, 4) is 11.5 Å². The number of benzene rings is 2. The quantitative estimate of drug-likeness (QED) is 0.823. The number of hydrogen-bond donors (Lipinski definition) is 0. The molecule has 2 nitrogen and oxygen atoms in total. The van der Waals surface area contributed by atoms with Crippen molar-refractivity contribution in [3.63, 3.8) is 0 Å². The summed E-state index contributed by atoms with van der Waals surface area (Å²) in [6, 6.07) is 11.2. The summed E-state index contributed by atoms with van der Waals surface area (Å²) in [4.78, 5) is 0.160. The Morgan fingerprint density at radius 2 is 1.56 bits per heavy atom. The topological polar surface area (TPSA) is 18.5 Å². The van der Waals surface area contributed by atoms with E-state index in [1.807, 2.05) is 12.1 Å². The van der Waals surface area contributed by atoms with E-state index in [0.29, 0.717) is 11.5 Å². The Kier molecular flexibility index (Phi) is 2.83. The lowest BCUT2D eigenvalue weighted by molar-refractivity contribution is 0.136. The Morgan fingerprint density at radius 1 is 0.889 bits per heavy atom. The largest absolute Gasteiger partial charge is 0.441 e. The van der Waals surface area contributed by atoms with Crippen molar-refractivity contribution in [1.29, 1.82) is 0 Å². The van der Waals surface area contributed by atoms with Crippen LogP contribution in [0.1, 0.15) is 0 Å². The Bertz CT molecular complexity index is 564. The number of halogens is 2. The second kappa shape index (κ2) is 4.49. The van der Waals surface area contributed by atoms with Gasteiger partial charge in [0.2, 0.25) is 0 Å². The molecule has 1 aliphatic rings. The van der Waals surface area contributed by atoms with Crippen LogP contribution in [-0.2, 0) is 0 Å². The van der Waals surface area contributed by atoms with Crippen molar-refractivity contribution >= 4 is 11.8 Å². The monoisotopic (exact) mass is 266 g/mol. The maximum absolute atomic E-state index is 13.5. The molecule has 0 unspecified atom stereocenters. The summed E-state index contributed by atoms with van der Waals surface area (Å²) in [6.07, 6.45) is 0. The van der Waals surface area contributed by atoms with E-state index in [2.05, 4.69) is 0 Å². The van der Waals surface area contributed by atoms with E-state index in [4.69, 9.17) is 9.47 Å². The van der Waals surface area contributed by atoms with Gasteiger partial charge in [-0.15, -0.1) is 0 Å². The smallest absolute Gasteiger partial charge is 0.295 e. The first-order valence-corrected chi connectivity index (χ1v) is 6.15. The van der Waals surface area contributed by atoms with Crippen LogP contribution in [0.15, 0.2) is 47.4 Å². The molecule has 1 heterocycles. The Hall–Kier alpha value is -1.75. The van der Waals surface area contributed by atoms with E-state index in [9.17, 15) is 8.78 Å². The number of fused-ring (bicyclic) bond motifs is 1. The summed E-state index contributed by atoms with van der Waals surface area (Å²) in [5.74, 6) is -0.556. The van der Waals surface area contributed by atoms with Gasteiger partial charge in [0.1, 0.15) is 0 Å². The molecule has 0 saturated carbocycles. The SMILES string of the molecule is Fc1cccc(SC2Oc3ccccc3O2)c1F. The highest BCUT2D eigenvalue weighted by Gasteiger charge is 2.26. The van der Waals surface area contributed by atoms with Crippen LogP contribution in [0.5, 0.6) is 11.5 Å². The number of rotatable bonds is 2. The highest BCUT2D eigenvalue weighted by atomic mass is 32.2. The van der Waals surface area contributed by atoms with Crippen molar-refractivity contribution in [2.45, 2.75) is 10.5 Å². The van der Waals surface area contributed by atoms with Crippen LogP contribution in [0.4, 0.5) is 8.78 Å². The van der Waals surface area contributed by atoms with Crippen molar-refractivity contribution in [1.82, 2.24) is 0 Å². The average Bonchev–Trinajstić information content (AvgIpc) is 2.77. The summed E-state index contributed by atoms with van der Waals surface area (Å²) >= 11 is 0.989. The van der Waals surface area contributed by atoms with Crippen LogP contribution in [-0.4, -0.2) is 5.62 Å². The number of hydrogen-bond acceptors (Lipinski definition) is 3. The lowest BCUT2D eigenvalue weighted by Gasteiger charge is -2.10. The molecule has 0 fully saturated rings. The van der Waals surface area contributed by atoms with Crippen molar-refractivity contribution < 1.29 is 18.3 Å². The molecular formula is C13H8F2O2S. The third kappa shape index (κ3) is 2.01. The molecule has 5 heteroatoms. The summed E-state index contributed by atoms with van der Waals surface area (Å²) in [5.41, 5.74) is -0.696. The summed E-state index contributed by atoms with van der Waals surface area (Å²) < 4.78 is 37.4. The Labute approximate surface area is 107 Å². The predicted octanol–water partition coefficient (Wildman–Crippen LogP) is 3.81. The second-order valence-corrected chi connectivity index (χ2v) is 4.70. The lowest BCUT2D eigenvalue weighted by atomic mass is 10.3. The number of thioether (sulfide) groups is 1. The first-order valence-electron chi connectivity index (χ1n) is 5.27. The van der Waals surface area contributed by atoms with Crippen LogP contribution in [0.3, 0.4) is 0 Å². The molecule has 2 aromatic carbocycles. The molecule has 1 aliphatic heterocycles. The zero-order valence-electron chi connectivity index (χ0n) is 9.10. The van der Waals surface area contributed by atoms with Gasteiger partial charge in [0, 0.05) is 0 Å². The van der Waals surface area contributed by atoms with Gasteiger partial charge in [0.15, 0.2) is 23.1 Å². The second-order valence-electron chi connectivity index (χ2n) is 3.64. The van der Waals surface area contributed by atoms with Crippen LogP contribution in [0, 0.1) is 11.6 Å². The molecule has 0 spiro atoms. The predicted molar refractivity (Wildman–Crippen MR) is 63.7 cm³/mol. The van der Waals surface area contributed by atoms with Crippen molar-refractivity contribution in [2.24, 2.45) is 0 Å². The van der Waals surface area contributed by atoms with Gasteiger partial charge in [-0.05, 0) is 36.0 Å². The fourth-order valence-corrected chi connectivity index (χ4v) is 2.47.